The van der Waals surface area contributed by atoms with E-state index in [-0.39, 0.29) is 23.1 Å². The number of hydrogen-bond acceptors (Lipinski definition) is 10. The zero-order valence-electron chi connectivity index (χ0n) is 14.5. The molecule has 0 aromatic carbocycles. The molecule has 0 radical (unpaired) electrons. The fourth-order valence-electron chi connectivity index (χ4n) is 2.85. The first kappa shape index (κ1) is 18.5. The van der Waals surface area contributed by atoms with Gasteiger partial charge in [-0.1, -0.05) is 0 Å². The van der Waals surface area contributed by atoms with E-state index in [2.05, 4.69) is 20.3 Å². The number of nitrogens with one attached hydrogen (secondary N) is 2. The quantitative estimate of drug-likeness (QED) is 0.314. The van der Waals surface area contributed by atoms with Crippen LogP contribution in [0.5, 0.6) is 0 Å². The molecule has 0 amide bonds. The van der Waals surface area contributed by atoms with E-state index < -0.39 is 36.7 Å². The second kappa shape index (κ2) is 7.17. The van der Waals surface area contributed by atoms with Gasteiger partial charge in [-0.25, -0.2) is 4.98 Å². The van der Waals surface area contributed by atoms with E-state index in [4.69, 9.17) is 10.5 Å². The van der Waals surface area contributed by atoms with Gasteiger partial charge in [0.25, 0.3) is 5.56 Å². The molecule has 2 aromatic heterocycles. The molecule has 144 valence electrons. The summed E-state index contributed by atoms with van der Waals surface area (Å²) >= 11 is 0. The van der Waals surface area contributed by atoms with Gasteiger partial charge in [0.15, 0.2) is 17.4 Å². The molecule has 3 rings (SSSR count). The SMILES string of the molecule is CN(C)CCNc1nc2c(=O)[nH]c(N)nc2n1C1OC(CO)C(O)C1O. The number of aromatic amines is 1. The summed E-state index contributed by atoms with van der Waals surface area (Å²) in [5.74, 6) is 0.121. The number of nitrogens with zero attached hydrogens (tertiary/aromatic N) is 4. The molecular formula is C14H23N7O5. The third-order valence-electron chi connectivity index (χ3n) is 4.18. The van der Waals surface area contributed by atoms with Crippen LogP contribution >= 0.6 is 0 Å². The van der Waals surface area contributed by atoms with Crippen molar-refractivity contribution < 1.29 is 20.1 Å². The van der Waals surface area contributed by atoms with E-state index in [0.717, 1.165) is 0 Å². The molecular weight excluding hydrogens is 346 g/mol. The number of rotatable bonds is 6. The predicted molar refractivity (Wildman–Crippen MR) is 92.6 cm³/mol. The highest BCUT2D eigenvalue weighted by atomic mass is 16.6. The molecule has 4 atom stereocenters. The van der Waals surface area contributed by atoms with E-state index in [1.807, 2.05) is 19.0 Å². The van der Waals surface area contributed by atoms with Gasteiger partial charge in [0, 0.05) is 13.1 Å². The number of nitrogens with two attached hydrogens (primary N) is 1. The number of likely N-dealkylation sites (N-methyl/N-ethyl adjacent to an activating group) is 1. The van der Waals surface area contributed by atoms with Crippen LogP contribution in [0.2, 0.25) is 0 Å². The number of hydrogen-bond donors (Lipinski definition) is 6. The van der Waals surface area contributed by atoms with Gasteiger partial charge in [-0.05, 0) is 14.1 Å². The van der Waals surface area contributed by atoms with Crippen LogP contribution in [0.25, 0.3) is 11.2 Å². The molecule has 1 aliphatic heterocycles. The Bertz CT molecular complexity index is 835. The van der Waals surface area contributed by atoms with Gasteiger partial charge in [0.1, 0.15) is 18.3 Å². The first-order valence-corrected chi connectivity index (χ1v) is 8.12. The van der Waals surface area contributed by atoms with Gasteiger partial charge in [0.2, 0.25) is 11.9 Å². The molecule has 0 saturated carbocycles. The van der Waals surface area contributed by atoms with E-state index in [9.17, 15) is 20.1 Å². The van der Waals surface area contributed by atoms with Gasteiger partial charge in [0.05, 0.1) is 6.61 Å². The molecule has 3 heterocycles. The Morgan fingerprint density at radius 1 is 1.35 bits per heavy atom. The second-order valence-corrected chi connectivity index (χ2v) is 6.39. The van der Waals surface area contributed by atoms with Crippen molar-refractivity contribution in [1.29, 1.82) is 0 Å². The van der Waals surface area contributed by atoms with E-state index >= 15 is 0 Å². The van der Waals surface area contributed by atoms with Crippen molar-refractivity contribution >= 4 is 23.1 Å². The standard InChI is InChI=1S/C14H23N7O5/c1-20(2)4-3-16-14-17-7-10(18-13(15)19-11(7)25)21(14)12-9(24)8(23)6(5-22)26-12/h6,8-9,12,22-24H,3-5H2,1-2H3,(H,16,17)(H3,15,18,19,25). The summed E-state index contributed by atoms with van der Waals surface area (Å²) in [6.45, 7) is 0.713. The largest absolute Gasteiger partial charge is 0.394 e. The highest BCUT2D eigenvalue weighted by Gasteiger charge is 2.45. The smallest absolute Gasteiger partial charge is 0.280 e. The van der Waals surface area contributed by atoms with Gasteiger partial charge in [-0.15, -0.1) is 0 Å². The molecule has 4 unspecified atom stereocenters. The molecule has 12 nitrogen and oxygen atoms in total. The van der Waals surface area contributed by atoms with Crippen molar-refractivity contribution in [3.63, 3.8) is 0 Å². The molecule has 7 N–H and O–H groups in total. The predicted octanol–water partition coefficient (Wildman–Crippen LogP) is -2.71. The lowest BCUT2D eigenvalue weighted by molar-refractivity contribution is -0.0501. The first-order valence-electron chi connectivity index (χ1n) is 8.12. The molecule has 26 heavy (non-hydrogen) atoms. The number of nitrogen functional groups attached to an aromatic ring is 1. The highest BCUT2D eigenvalue weighted by Crippen LogP contribution is 2.33. The van der Waals surface area contributed by atoms with Crippen molar-refractivity contribution in [2.75, 3.05) is 44.8 Å². The van der Waals surface area contributed by atoms with Crippen LogP contribution in [0.15, 0.2) is 4.79 Å². The molecule has 0 aliphatic carbocycles. The lowest BCUT2D eigenvalue weighted by atomic mass is 10.1. The number of imidazole rings is 1. The maximum Gasteiger partial charge on any atom is 0.280 e. The number of aliphatic hydroxyl groups is 3. The lowest BCUT2D eigenvalue weighted by Crippen LogP contribution is -2.33. The maximum atomic E-state index is 12.1. The Kier molecular flexibility index (Phi) is 5.11. The average Bonchev–Trinajstić information content (AvgIpc) is 3.06. The maximum absolute atomic E-state index is 12.1. The van der Waals surface area contributed by atoms with Crippen LogP contribution in [0, 0.1) is 0 Å². The topological polar surface area (TPSA) is 175 Å². The Hall–Kier alpha value is -2.25. The molecule has 2 aromatic rings. The van der Waals surface area contributed by atoms with E-state index in [1.54, 1.807) is 0 Å². The number of anilines is 2. The summed E-state index contributed by atoms with van der Waals surface area (Å²) in [6, 6.07) is 0. The normalized spacial score (nSPS) is 26.1. The number of fused-ring (bicyclic) bond motifs is 1. The van der Waals surface area contributed by atoms with Crippen LogP contribution in [0.1, 0.15) is 6.23 Å². The summed E-state index contributed by atoms with van der Waals surface area (Å²) in [7, 11) is 3.81. The van der Waals surface area contributed by atoms with Crippen molar-refractivity contribution in [2.45, 2.75) is 24.5 Å². The Morgan fingerprint density at radius 3 is 2.69 bits per heavy atom. The van der Waals surface area contributed by atoms with Crippen LogP contribution in [-0.4, -0.2) is 91.8 Å². The molecule has 1 saturated heterocycles. The number of H-pyrrole nitrogens is 1. The Labute approximate surface area is 148 Å². The van der Waals surface area contributed by atoms with E-state index in [1.165, 1.54) is 4.57 Å². The van der Waals surface area contributed by atoms with Gasteiger partial charge >= 0.3 is 0 Å². The Morgan fingerprint density at radius 2 is 2.08 bits per heavy atom. The molecule has 1 fully saturated rings. The minimum Gasteiger partial charge on any atom is -0.394 e. The van der Waals surface area contributed by atoms with Crippen molar-refractivity contribution in [3.05, 3.63) is 10.4 Å². The summed E-state index contributed by atoms with van der Waals surface area (Å²) in [5, 5.41) is 32.8. The van der Waals surface area contributed by atoms with Crippen LogP contribution in [0.4, 0.5) is 11.9 Å². The first-order chi connectivity index (χ1) is 12.3. The van der Waals surface area contributed by atoms with Crippen LogP contribution in [-0.2, 0) is 4.74 Å². The minimum absolute atomic E-state index is 0.0179. The number of aromatic nitrogens is 4. The lowest BCUT2D eigenvalue weighted by Gasteiger charge is -2.20. The zero-order chi connectivity index (χ0) is 19.0. The van der Waals surface area contributed by atoms with Crippen LogP contribution in [0.3, 0.4) is 0 Å². The van der Waals surface area contributed by atoms with Crippen LogP contribution < -0.4 is 16.6 Å². The fourth-order valence-corrected chi connectivity index (χ4v) is 2.85. The third-order valence-corrected chi connectivity index (χ3v) is 4.18. The van der Waals surface area contributed by atoms with Crippen molar-refractivity contribution in [2.24, 2.45) is 0 Å². The average molecular weight is 369 g/mol. The van der Waals surface area contributed by atoms with E-state index in [0.29, 0.717) is 13.1 Å². The minimum atomic E-state index is -1.35. The molecule has 12 heteroatoms. The summed E-state index contributed by atoms with van der Waals surface area (Å²) in [6.07, 6.45) is -4.71. The zero-order valence-corrected chi connectivity index (χ0v) is 14.5. The number of ether oxygens (including phenoxy) is 1. The third kappa shape index (κ3) is 3.24. The second-order valence-electron chi connectivity index (χ2n) is 6.39. The Balaban J connectivity index is 2.07. The highest BCUT2D eigenvalue weighted by molar-refractivity contribution is 5.74. The summed E-state index contributed by atoms with van der Waals surface area (Å²) < 4.78 is 6.94. The summed E-state index contributed by atoms with van der Waals surface area (Å²) in [5.41, 5.74) is 5.22. The fraction of sp³-hybridized carbons (Fsp3) is 0.643. The monoisotopic (exact) mass is 369 g/mol. The van der Waals surface area contributed by atoms with Crippen molar-refractivity contribution in [3.8, 4) is 0 Å². The van der Waals surface area contributed by atoms with Gasteiger partial charge < -0.3 is 36.0 Å². The molecule has 0 spiro atoms. The molecule has 1 aliphatic rings. The number of aliphatic hydroxyl groups excluding tert-OH is 3. The van der Waals surface area contributed by atoms with Gasteiger partial charge in [-0.2, -0.15) is 4.98 Å². The molecule has 0 bridgehead atoms. The summed E-state index contributed by atoms with van der Waals surface area (Å²) in [4.78, 5) is 24.8. The van der Waals surface area contributed by atoms with Crippen molar-refractivity contribution in [1.82, 2.24) is 24.4 Å². The van der Waals surface area contributed by atoms with Gasteiger partial charge in [-0.3, -0.25) is 14.3 Å².